The first kappa shape index (κ1) is 15.9. The second-order valence-electron chi connectivity index (χ2n) is 5.15. The molecule has 1 amide bonds. The predicted octanol–water partition coefficient (Wildman–Crippen LogP) is 3.94. The van der Waals surface area contributed by atoms with Gasteiger partial charge in [0.1, 0.15) is 5.75 Å². The summed E-state index contributed by atoms with van der Waals surface area (Å²) in [5, 5.41) is 9.45. The van der Waals surface area contributed by atoms with Crippen molar-refractivity contribution in [2.24, 2.45) is 0 Å². The van der Waals surface area contributed by atoms with E-state index in [1.54, 1.807) is 18.2 Å². The number of halogens is 3. The van der Waals surface area contributed by atoms with Crippen molar-refractivity contribution in [3.05, 3.63) is 59.2 Å². The van der Waals surface area contributed by atoms with Crippen LogP contribution in [0.2, 0.25) is 0 Å². The van der Waals surface area contributed by atoms with Crippen LogP contribution in [0.5, 0.6) is 5.75 Å². The van der Waals surface area contributed by atoms with Crippen LogP contribution in [0, 0.1) is 11.3 Å². The Bertz CT molecular complexity index is 856. The highest BCUT2D eigenvalue weighted by atomic mass is 19.4. The number of ether oxygens (including phenoxy) is 1. The van der Waals surface area contributed by atoms with Gasteiger partial charge in [-0.1, -0.05) is 24.3 Å². The molecule has 2 aromatic rings. The summed E-state index contributed by atoms with van der Waals surface area (Å²) in [5.74, 6) is -0.568. The molecule has 3 rings (SSSR count). The Morgan fingerprint density at radius 3 is 2.50 bits per heavy atom. The second kappa shape index (κ2) is 5.57. The van der Waals surface area contributed by atoms with Crippen LogP contribution in [0.4, 0.5) is 18.9 Å². The number of fused-ring (bicyclic) bond motifs is 1. The van der Waals surface area contributed by atoms with Crippen molar-refractivity contribution in [3.8, 4) is 11.8 Å². The zero-order valence-electron chi connectivity index (χ0n) is 12.5. The van der Waals surface area contributed by atoms with E-state index in [-0.39, 0.29) is 11.3 Å². The first-order valence-electron chi connectivity index (χ1n) is 6.96. The number of alkyl halides is 3. The maximum atomic E-state index is 13.2. The van der Waals surface area contributed by atoms with Gasteiger partial charge in [-0.2, -0.15) is 18.4 Å². The largest absolute Gasteiger partial charge is 0.495 e. The van der Waals surface area contributed by atoms with Crippen molar-refractivity contribution in [1.29, 1.82) is 5.26 Å². The molecule has 1 aliphatic heterocycles. The number of para-hydroxylation sites is 2. The fraction of sp³-hybridized carbons (Fsp3) is 0.176. The Balaban J connectivity index is 2.23. The number of carbonyl (C=O) groups is 1. The maximum Gasteiger partial charge on any atom is 0.417 e. The van der Waals surface area contributed by atoms with Gasteiger partial charge in [0.25, 0.3) is 5.91 Å². The third-order valence-corrected chi connectivity index (χ3v) is 3.85. The van der Waals surface area contributed by atoms with Crippen molar-refractivity contribution in [3.63, 3.8) is 0 Å². The lowest BCUT2D eigenvalue weighted by atomic mass is 10.00. The molecule has 24 heavy (non-hydrogen) atoms. The van der Waals surface area contributed by atoms with E-state index < -0.39 is 29.3 Å². The van der Waals surface area contributed by atoms with Crippen LogP contribution in [0.15, 0.2) is 42.5 Å². The van der Waals surface area contributed by atoms with Crippen LogP contribution in [-0.2, 0) is 6.18 Å². The Kier molecular flexibility index (Phi) is 3.68. The van der Waals surface area contributed by atoms with Crippen molar-refractivity contribution >= 4 is 11.6 Å². The average Bonchev–Trinajstić information content (AvgIpc) is 2.86. The number of rotatable bonds is 2. The van der Waals surface area contributed by atoms with Crippen LogP contribution >= 0.6 is 0 Å². The summed E-state index contributed by atoms with van der Waals surface area (Å²) in [6.07, 6.45) is -4.68. The normalized spacial score (nSPS) is 16.7. The van der Waals surface area contributed by atoms with Gasteiger partial charge >= 0.3 is 6.18 Å². The molecule has 122 valence electrons. The molecule has 0 fully saturated rings. The molecule has 1 heterocycles. The minimum absolute atomic E-state index is 0.0447. The van der Waals surface area contributed by atoms with Gasteiger partial charge in [-0.3, -0.25) is 9.69 Å². The first-order chi connectivity index (χ1) is 11.4. The van der Waals surface area contributed by atoms with E-state index in [1.807, 2.05) is 6.07 Å². The van der Waals surface area contributed by atoms with Gasteiger partial charge in [-0.25, -0.2) is 0 Å². The lowest BCUT2D eigenvalue weighted by molar-refractivity contribution is -0.137. The number of hydrogen-bond donors (Lipinski definition) is 0. The van der Waals surface area contributed by atoms with E-state index in [0.29, 0.717) is 5.75 Å². The van der Waals surface area contributed by atoms with Crippen LogP contribution < -0.4 is 9.64 Å². The van der Waals surface area contributed by atoms with Crippen LogP contribution in [-0.4, -0.2) is 13.0 Å². The fourth-order valence-corrected chi connectivity index (χ4v) is 2.85. The zero-order chi connectivity index (χ0) is 17.5. The lowest BCUT2D eigenvalue weighted by Gasteiger charge is -2.22. The van der Waals surface area contributed by atoms with Gasteiger partial charge < -0.3 is 4.74 Å². The minimum Gasteiger partial charge on any atom is -0.495 e. The number of anilines is 1. The van der Waals surface area contributed by atoms with Crippen molar-refractivity contribution in [2.45, 2.75) is 12.2 Å². The quantitative estimate of drug-likeness (QED) is 0.837. The lowest BCUT2D eigenvalue weighted by Crippen LogP contribution is -2.28. The molecule has 0 radical (unpaired) electrons. The Morgan fingerprint density at radius 2 is 1.88 bits per heavy atom. The van der Waals surface area contributed by atoms with Gasteiger partial charge in [-0.15, -0.1) is 0 Å². The molecule has 0 aliphatic carbocycles. The maximum absolute atomic E-state index is 13.2. The number of methoxy groups -OCH3 is 1. The summed E-state index contributed by atoms with van der Waals surface area (Å²) in [5.41, 5.74) is -1.23. The minimum atomic E-state index is -4.68. The number of nitriles is 1. The molecule has 1 atom stereocenters. The Morgan fingerprint density at radius 1 is 1.17 bits per heavy atom. The summed E-state index contributed by atoms with van der Waals surface area (Å²) in [6, 6.07) is 10.6. The summed E-state index contributed by atoms with van der Waals surface area (Å²) in [7, 11) is 1.38. The van der Waals surface area contributed by atoms with E-state index in [2.05, 4.69) is 0 Å². The van der Waals surface area contributed by atoms with Gasteiger partial charge in [-0.05, 0) is 18.2 Å². The molecule has 0 saturated heterocycles. The van der Waals surface area contributed by atoms with E-state index in [9.17, 15) is 23.2 Å². The second-order valence-corrected chi connectivity index (χ2v) is 5.15. The molecule has 1 unspecified atom stereocenters. The van der Waals surface area contributed by atoms with E-state index in [4.69, 9.17) is 4.74 Å². The van der Waals surface area contributed by atoms with E-state index in [0.717, 1.165) is 11.0 Å². The molecule has 7 heteroatoms. The topological polar surface area (TPSA) is 53.3 Å². The fourth-order valence-electron chi connectivity index (χ4n) is 2.85. The third-order valence-electron chi connectivity index (χ3n) is 3.85. The summed E-state index contributed by atoms with van der Waals surface area (Å²) in [6.45, 7) is 0. The first-order valence-corrected chi connectivity index (χ1v) is 6.96. The Labute approximate surface area is 135 Å². The summed E-state index contributed by atoms with van der Waals surface area (Å²) in [4.78, 5) is 13.8. The molecule has 1 aliphatic rings. The van der Waals surface area contributed by atoms with E-state index >= 15 is 0 Å². The highest BCUT2D eigenvalue weighted by molar-refractivity contribution is 6.13. The highest BCUT2D eigenvalue weighted by Crippen LogP contribution is 2.45. The molecular formula is C17H11F3N2O2. The number of hydrogen-bond acceptors (Lipinski definition) is 3. The SMILES string of the molecule is COc1ccccc1N1C(=O)c2c(cccc2C(F)(F)F)C1C#N. The van der Waals surface area contributed by atoms with Gasteiger partial charge in [0.05, 0.1) is 30.0 Å². The highest BCUT2D eigenvalue weighted by Gasteiger charge is 2.45. The molecule has 0 aromatic heterocycles. The summed E-state index contributed by atoms with van der Waals surface area (Å²) < 4.78 is 44.9. The summed E-state index contributed by atoms with van der Waals surface area (Å²) >= 11 is 0. The predicted molar refractivity (Wildman–Crippen MR) is 79.6 cm³/mol. The van der Waals surface area contributed by atoms with Gasteiger partial charge in [0.2, 0.25) is 0 Å². The molecule has 0 spiro atoms. The van der Waals surface area contributed by atoms with Crippen LogP contribution in [0.25, 0.3) is 0 Å². The number of nitrogens with zero attached hydrogens (tertiary/aromatic N) is 2. The van der Waals surface area contributed by atoms with Crippen molar-refractivity contribution in [1.82, 2.24) is 0 Å². The number of amides is 1. The molecule has 2 aromatic carbocycles. The molecule has 4 nitrogen and oxygen atoms in total. The van der Waals surface area contributed by atoms with Gasteiger partial charge in [0.15, 0.2) is 6.04 Å². The van der Waals surface area contributed by atoms with E-state index in [1.165, 1.54) is 25.3 Å². The van der Waals surface area contributed by atoms with Gasteiger partial charge in [0, 0.05) is 5.56 Å². The van der Waals surface area contributed by atoms with Crippen molar-refractivity contribution < 1.29 is 22.7 Å². The molecule has 0 bridgehead atoms. The monoisotopic (exact) mass is 332 g/mol. The standard InChI is InChI=1S/C17H11F3N2O2/c1-24-14-8-3-2-7-12(14)22-13(9-21)10-5-4-6-11(17(18,19)20)15(10)16(22)23/h2-8,13H,1H3. The molecular weight excluding hydrogens is 321 g/mol. The zero-order valence-corrected chi connectivity index (χ0v) is 12.5. The Hall–Kier alpha value is -3.01. The smallest absolute Gasteiger partial charge is 0.417 e. The number of benzene rings is 2. The van der Waals surface area contributed by atoms with Crippen LogP contribution in [0.3, 0.4) is 0 Å². The average molecular weight is 332 g/mol. The van der Waals surface area contributed by atoms with Crippen molar-refractivity contribution in [2.75, 3.05) is 12.0 Å². The van der Waals surface area contributed by atoms with Crippen LogP contribution in [0.1, 0.15) is 27.5 Å². The third kappa shape index (κ3) is 2.27. The number of carbonyl (C=O) groups excluding carboxylic acids is 1. The molecule has 0 N–H and O–H groups in total. The molecule has 0 saturated carbocycles.